The van der Waals surface area contributed by atoms with Crippen LogP contribution < -0.4 is 5.43 Å². The number of halogens is 1. The van der Waals surface area contributed by atoms with E-state index in [0.29, 0.717) is 5.69 Å². The fourth-order valence-electron chi connectivity index (χ4n) is 0.821. The lowest BCUT2D eigenvalue weighted by Gasteiger charge is -2.05. The normalized spacial score (nSPS) is 10.1. The van der Waals surface area contributed by atoms with Gasteiger partial charge >= 0.3 is 5.97 Å². The molecule has 0 saturated heterocycles. The number of carbonyl (C=O) groups is 1. The van der Waals surface area contributed by atoms with E-state index in [2.05, 4.69) is 21.0 Å². The van der Waals surface area contributed by atoms with E-state index in [0.717, 1.165) is 0 Å². The molecule has 1 N–H and O–H groups in total. The Bertz CT molecular complexity index is 424. The number of aromatic carboxylic acids is 1. The van der Waals surface area contributed by atoms with Gasteiger partial charge in [-0.05, 0) is 22.9 Å². The van der Waals surface area contributed by atoms with E-state index in [4.69, 9.17) is 5.11 Å². The Balaban J connectivity index is 3.60. The zero-order valence-corrected chi connectivity index (χ0v) is 8.62. The number of aryl methyl sites for hydroxylation is 1. The van der Waals surface area contributed by atoms with Crippen LogP contribution in [0.1, 0.15) is 16.2 Å². The third kappa shape index (κ3) is 1.62. The maximum Gasteiger partial charge on any atom is 0.360 e. The molecule has 6 heteroatoms. The Kier molecular flexibility index (Phi) is 2.51. The molecule has 0 amide bonds. The molecule has 0 aliphatic heterocycles. The molecule has 0 saturated carbocycles. The number of aromatic nitrogens is 2. The Morgan fingerprint density at radius 2 is 2.15 bits per heavy atom. The number of nitrogens with zero attached hydrogens (tertiary/aromatic N) is 2. The maximum absolute atomic E-state index is 11.3. The lowest BCUT2D eigenvalue weighted by atomic mass is 10.3. The quantitative estimate of drug-likeness (QED) is 0.786. The third-order valence-corrected chi connectivity index (χ3v) is 2.60. The summed E-state index contributed by atoms with van der Waals surface area (Å²) in [4.78, 5) is 21.8. The summed E-state index contributed by atoms with van der Waals surface area (Å²) in [6, 6.07) is 0. The second kappa shape index (κ2) is 3.29. The first-order valence-corrected chi connectivity index (χ1v) is 4.21. The second-order valence-corrected chi connectivity index (χ2v) is 3.30. The van der Waals surface area contributed by atoms with Gasteiger partial charge in [-0.25, -0.2) is 4.79 Å². The lowest BCUT2D eigenvalue weighted by molar-refractivity contribution is 0.0686. The molecule has 0 aromatic carbocycles. The van der Waals surface area contributed by atoms with Crippen LogP contribution in [0.15, 0.2) is 9.27 Å². The van der Waals surface area contributed by atoms with Crippen LogP contribution in [-0.4, -0.2) is 20.9 Å². The fraction of sp³-hybridized carbons (Fsp3) is 0.286. The van der Waals surface area contributed by atoms with Gasteiger partial charge in [-0.3, -0.25) is 9.48 Å². The number of carboxylic acids is 1. The van der Waals surface area contributed by atoms with Crippen LogP contribution in [-0.2, 0) is 7.05 Å². The van der Waals surface area contributed by atoms with Crippen LogP contribution in [0.5, 0.6) is 0 Å². The van der Waals surface area contributed by atoms with Crippen LogP contribution in [0.4, 0.5) is 0 Å². The van der Waals surface area contributed by atoms with Gasteiger partial charge in [0, 0.05) is 7.05 Å². The van der Waals surface area contributed by atoms with Crippen molar-refractivity contribution in [1.29, 1.82) is 0 Å². The van der Waals surface area contributed by atoms with Gasteiger partial charge in [-0.15, -0.1) is 0 Å². The molecule has 0 radical (unpaired) electrons. The van der Waals surface area contributed by atoms with Crippen molar-refractivity contribution in [2.45, 2.75) is 6.92 Å². The Morgan fingerprint density at radius 3 is 2.62 bits per heavy atom. The molecular formula is C7H7BrN2O3. The topological polar surface area (TPSA) is 72.2 Å². The first kappa shape index (κ1) is 9.91. The number of hydrogen-bond donors (Lipinski definition) is 1. The summed E-state index contributed by atoms with van der Waals surface area (Å²) in [5.41, 5.74) is -0.474. The third-order valence-electron chi connectivity index (χ3n) is 1.67. The predicted molar refractivity (Wildman–Crippen MR) is 48.9 cm³/mol. The van der Waals surface area contributed by atoms with Crippen molar-refractivity contribution in [1.82, 2.24) is 9.78 Å². The zero-order chi connectivity index (χ0) is 10.2. The Labute approximate surface area is 82.1 Å². The minimum absolute atomic E-state index is 0.238. The van der Waals surface area contributed by atoms with Gasteiger partial charge in [0.15, 0.2) is 0 Å². The molecule has 1 aromatic rings. The first-order chi connectivity index (χ1) is 5.95. The van der Waals surface area contributed by atoms with Crippen molar-refractivity contribution in [3.63, 3.8) is 0 Å². The summed E-state index contributed by atoms with van der Waals surface area (Å²) in [5, 5.41) is 12.2. The van der Waals surface area contributed by atoms with Crippen molar-refractivity contribution in [2.24, 2.45) is 7.05 Å². The van der Waals surface area contributed by atoms with Gasteiger partial charge in [-0.1, -0.05) is 0 Å². The second-order valence-electron chi connectivity index (χ2n) is 2.51. The number of hydrogen-bond acceptors (Lipinski definition) is 3. The standard InChI is InChI=1S/C7H7BrN2O3/c1-3-4(8)6(11)5(7(12)13)9-10(3)2/h1-2H3,(H,12,13). The van der Waals surface area contributed by atoms with Crippen molar-refractivity contribution < 1.29 is 9.90 Å². The van der Waals surface area contributed by atoms with Crippen molar-refractivity contribution in [3.8, 4) is 0 Å². The molecule has 0 bridgehead atoms. The van der Waals surface area contributed by atoms with Crippen LogP contribution in [0, 0.1) is 6.92 Å². The van der Waals surface area contributed by atoms with Crippen LogP contribution in [0.3, 0.4) is 0 Å². The SMILES string of the molecule is Cc1c(Br)c(=O)c(C(=O)O)nn1C. The van der Waals surface area contributed by atoms with Gasteiger partial charge in [0.2, 0.25) is 11.1 Å². The van der Waals surface area contributed by atoms with E-state index < -0.39 is 17.1 Å². The highest BCUT2D eigenvalue weighted by atomic mass is 79.9. The van der Waals surface area contributed by atoms with Crippen LogP contribution >= 0.6 is 15.9 Å². The molecule has 1 heterocycles. The van der Waals surface area contributed by atoms with E-state index in [1.165, 1.54) is 4.68 Å². The van der Waals surface area contributed by atoms with Crippen molar-refractivity contribution >= 4 is 21.9 Å². The monoisotopic (exact) mass is 246 g/mol. The average Bonchev–Trinajstić information content (AvgIpc) is 2.07. The summed E-state index contributed by atoms with van der Waals surface area (Å²) in [7, 11) is 1.58. The molecule has 1 aromatic heterocycles. The molecule has 1 rings (SSSR count). The highest BCUT2D eigenvalue weighted by molar-refractivity contribution is 9.10. The molecule has 5 nitrogen and oxygen atoms in total. The highest BCUT2D eigenvalue weighted by Gasteiger charge is 2.15. The lowest BCUT2D eigenvalue weighted by Crippen LogP contribution is -2.23. The maximum atomic E-state index is 11.3. The smallest absolute Gasteiger partial charge is 0.360 e. The van der Waals surface area contributed by atoms with E-state index in [-0.39, 0.29) is 4.47 Å². The van der Waals surface area contributed by atoms with Crippen LogP contribution in [0.25, 0.3) is 0 Å². The minimum atomic E-state index is -1.32. The first-order valence-electron chi connectivity index (χ1n) is 3.42. The number of rotatable bonds is 1. The highest BCUT2D eigenvalue weighted by Crippen LogP contribution is 2.08. The van der Waals surface area contributed by atoms with Crippen molar-refractivity contribution in [2.75, 3.05) is 0 Å². The molecular weight excluding hydrogens is 240 g/mol. The van der Waals surface area contributed by atoms with Crippen molar-refractivity contribution in [3.05, 3.63) is 26.1 Å². The van der Waals surface area contributed by atoms with E-state index in [9.17, 15) is 9.59 Å². The molecule has 0 fully saturated rings. The summed E-state index contributed by atoms with van der Waals surface area (Å²) >= 11 is 3.01. The van der Waals surface area contributed by atoms with Crippen LogP contribution in [0.2, 0.25) is 0 Å². The van der Waals surface area contributed by atoms with Gasteiger partial charge in [0.05, 0.1) is 10.2 Å². The molecule has 13 heavy (non-hydrogen) atoms. The summed E-state index contributed by atoms with van der Waals surface area (Å²) in [6.45, 7) is 1.67. The van der Waals surface area contributed by atoms with Gasteiger partial charge in [0.25, 0.3) is 0 Å². The molecule has 0 atom stereocenters. The van der Waals surface area contributed by atoms with Gasteiger partial charge < -0.3 is 5.11 Å². The van der Waals surface area contributed by atoms with Gasteiger partial charge in [-0.2, -0.15) is 5.10 Å². The van der Waals surface area contributed by atoms with Gasteiger partial charge in [0.1, 0.15) is 0 Å². The van der Waals surface area contributed by atoms with E-state index in [1.807, 2.05) is 0 Å². The zero-order valence-electron chi connectivity index (χ0n) is 7.04. The molecule has 0 aliphatic rings. The van der Waals surface area contributed by atoms with E-state index in [1.54, 1.807) is 14.0 Å². The Hall–Kier alpha value is -1.17. The van der Waals surface area contributed by atoms with E-state index >= 15 is 0 Å². The number of carboxylic acid groups (broad SMARTS) is 1. The molecule has 70 valence electrons. The fourth-order valence-corrected chi connectivity index (χ4v) is 1.27. The summed E-state index contributed by atoms with van der Waals surface area (Å²) < 4.78 is 1.58. The summed E-state index contributed by atoms with van der Waals surface area (Å²) in [6.07, 6.45) is 0. The molecule has 0 unspecified atom stereocenters. The minimum Gasteiger partial charge on any atom is -0.476 e. The Morgan fingerprint density at radius 1 is 1.62 bits per heavy atom. The predicted octanol–water partition coefficient (Wildman–Crippen LogP) is 0.549. The summed E-state index contributed by atoms with van der Waals surface area (Å²) in [5.74, 6) is -1.32. The largest absolute Gasteiger partial charge is 0.476 e. The average molecular weight is 247 g/mol. The molecule has 0 spiro atoms. The molecule has 0 aliphatic carbocycles.